The fourth-order valence-corrected chi connectivity index (χ4v) is 3.55. The zero-order valence-corrected chi connectivity index (χ0v) is 15.5. The lowest BCUT2D eigenvalue weighted by molar-refractivity contribution is -0.106. The number of imidazole rings is 2. The van der Waals surface area contributed by atoms with Gasteiger partial charge >= 0.3 is 0 Å². The van der Waals surface area contributed by atoms with Crippen LogP contribution in [0.25, 0.3) is 22.4 Å². The van der Waals surface area contributed by atoms with Crippen LogP contribution < -0.4 is 4.90 Å². The van der Waals surface area contributed by atoms with E-state index in [1.807, 2.05) is 88.1 Å². The van der Waals surface area contributed by atoms with E-state index in [0.29, 0.717) is 0 Å². The van der Waals surface area contributed by atoms with Gasteiger partial charge in [0.05, 0.1) is 40.1 Å². The lowest BCUT2D eigenvalue weighted by atomic mass is 10.2. The third-order valence-electron chi connectivity index (χ3n) is 4.88. The first-order valence-corrected chi connectivity index (χ1v) is 9.20. The summed E-state index contributed by atoms with van der Waals surface area (Å²) in [6, 6.07) is 23.5. The Bertz CT molecular complexity index is 1290. The fourth-order valence-electron chi connectivity index (χ4n) is 3.55. The summed E-state index contributed by atoms with van der Waals surface area (Å²) in [5.74, 6) is 0. The van der Waals surface area contributed by atoms with Crippen LogP contribution in [0.4, 0.5) is 11.4 Å². The van der Waals surface area contributed by atoms with Crippen LogP contribution >= 0.6 is 0 Å². The number of carbonyl (C=O) groups excluding carboxylic acids is 1. The summed E-state index contributed by atoms with van der Waals surface area (Å²) in [4.78, 5) is 22.6. The molecule has 2 heterocycles. The SMILES string of the molecule is O=CN(c1ccccc1-n1ccnc1)c1ccccc1-n1cnc2ccccc21. The predicted molar refractivity (Wildman–Crippen MR) is 113 cm³/mol. The van der Waals surface area contributed by atoms with Crippen LogP contribution in [-0.2, 0) is 4.79 Å². The van der Waals surface area contributed by atoms with Gasteiger partial charge in [-0.25, -0.2) is 9.97 Å². The highest BCUT2D eigenvalue weighted by Gasteiger charge is 2.18. The number of hydrogen-bond donors (Lipinski definition) is 0. The van der Waals surface area contributed by atoms with E-state index in [1.54, 1.807) is 23.8 Å². The molecule has 0 aliphatic carbocycles. The summed E-state index contributed by atoms with van der Waals surface area (Å²) in [5.41, 5.74) is 5.14. The van der Waals surface area contributed by atoms with Crippen LogP contribution in [0.3, 0.4) is 0 Å². The summed E-state index contributed by atoms with van der Waals surface area (Å²) in [6.45, 7) is 0. The maximum absolute atomic E-state index is 12.3. The second-order valence-corrected chi connectivity index (χ2v) is 6.53. The molecular formula is C23H17N5O. The van der Waals surface area contributed by atoms with Gasteiger partial charge in [-0.1, -0.05) is 36.4 Å². The zero-order valence-electron chi connectivity index (χ0n) is 15.5. The fraction of sp³-hybridized carbons (Fsp3) is 0. The van der Waals surface area contributed by atoms with E-state index in [9.17, 15) is 4.79 Å². The van der Waals surface area contributed by atoms with E-state index in [4.69, 9.17) is 0 Å². The number of amides is 1. The number of rotatable bonds is 5. The minimum atomic E-state index is 0.761. The number of carbonyl (C=O) groups is 1. The van der Waals surface area contributed by atoms with E-state index in [-0.39, 0.29) is 0 Å². The van der Waals surface area contributed by atoms with Crippen LogP contribution in [0.5, 0.6) is 0 Å². The average Bonchev–Trinajstić information content (AvgIpc) is 3.45. The third-order valence-corrected chi connectivity index (χ3v) is 4.88. The molecule has 0 fully saturated rings. The Morgan fingerprint density at radius 3 is 2.24 bits per heavy atom. The molecule has 3 aromatic carbocycles. The van der Waals surface area contributed by atoms with Gasteiger partial charge in [-0.3, -0.25) is 14.3 Å². The van der Waals surface area contributed by atoms with Crippen molar-refractivity contribution in [3.05, 3.63) is 97.8 Å². The molecule has 0 radical (unpaired) electrons. The molecule has 2 aromatic heterocycles. The quantitative estimate of drug-likeness (QED) is 0.422. The number of nitrogens with zero attached hydrogens (tertiary/aromatic N) is 5. The van der Waals surface area contributed by atoms with Gasteiger partial charge in [-0.15, -0.1) is 0 Å². The van der Waals surface area contributed by atoms with Crippen LogP contribution in [0.1, 0.15) is 0 Å². The molecule has 1 amide bonds. The first-order valence-electron chi connectivity index (χ1n) is 9.20. The molecule has 0 unspecified atom stereocenters. The summed E-state index contributed by atoms with van der Waals surface area (Å²) in [5, 5.41) is 0. The molecule has 29 heavy (non-hydrogen) atoms. The van der Waals surface area contributed by atoms with Crippen LogP contribution in [0, 0.1) is 0 Å². The maximum Gasteiger partial charge on any atom is 0.218 e. The number of para-hydroxylation sites is 6. The molecule has 6 heteroatoms. The van der Waals surface area contributed by atoms with Gasteiger partial charge in [0.1, 0.15) is 6.33 Å². The number of fused-ring (bicyclic) bond motifs is 1. The third kappa shape index (κ3) is 2.87. The van der Waals surface area contributed by atoms with Gasteiger partial charge in [-0.05, 0) is 36.4 Å². The van der Waals surface area contributed by atoms with Crippen molar-refractivity contribution in [2.45, 2.75) is 0 Å². The smallest absolute Gasteiger partial charge is 0.218 e. The number of anilines is 2. The molecule has 5 rings (SSSR count). The van der Waals surface area contributed by atoms with Crippen LogP contribution in [-0.4, -0.2) is 25.5 Å². The Morgan fingerprint density at radius 2 is 1.48 bits per heavy atom. The van der Waals surface area contributed by atoms with E-state index in [0.717, 1.165) is 40.2 Å². The molecule has 0 atom stereocenters. The molecule has 0 N–H and O–H groups in total. The molecule has 0 saturated heterocycles. The van der Waals surface area contributed by atoms with E-state index >= 15 is 0 Å². The molecule has 5 aromatic rings. The van der Waals surface area contributed by atoms with Gasteiger partial charge in [0.2, 0.25) is 6.41 Å². The number of hydrogen-bond acceptors (Lipinski definition) is 3. The Balaban J connectivity index is 1.70. The van der Waals surface area contributed by atoms with Crippen molar-refractivity contribution in [1.29, 1.82) is 0 Å². The normalized spacial score (nSPS) is 10.9. The summed E-state index contributed by atoms with van der Waals surface area (Å²) in [6.07, 6.45) is 7.92. The maximum atomic E-state index is 12.3. The molecule has 140 valence electrons. The molecular weight excluding hydrogens is 362 g/mol. The van der Waals surface area contributed by atoms with E-state index in [1.165, 1.54) is 0 Å². The Kier molecular flexibility index (Phi) is 4.14. The van der Waals surface area contributed by atoms with Crippen molar-refractivity contribution < 1.29 is 4.79 Å². The highest BCUT2D eigenvalue weighted by Crippen LogP contribution is 2.34. The first-order chi connectivity index (χ1) is 14.4. The van der Waals surface area contributed by atoms with Gasteiger partial charge in [0.15, 0.2) is 0 Å². The molecule has 0 saturated carbocycles. The van der Waals surface area contributed by atoms with E-state index < -0.39 is 0 Å². The average molecular weight is 379 g/mol. The molecule has 6 nitrogen and oxygen atoms in total. The van der Waals surface area contributed by atoms with Crippen LogP contribution in [0.15, 0.2) is 97.8 Å². The number of aromatic nitrogens is 4. The Hall–Kier alpha value is -4.19. The number of benzene rings is 3. The largest absolute Gasteiger partial charge is 0.304 e. The van der Waals surface area contributed by atoms with Gasteiger partial charge < -0.3 is 4.57 Å². The summed E-state index contributed by atoms with van der Waals surface area (Å²) in [7, 11) is 0. The molecule has 0 spiro atoms. The van der Waals surface area contributed by atoms with Crippen molar-refractivity contribution in [3.8, 4) is 11.4 Å². The topological polar surface area (TPSA) is 56.0 Å². The van der Waals surface area contributed by atoms with E-state index in [2.05, 4.69) is 9.97 Å². The molecule has 0 bridgehead atoms. The minimum absolute atomic E-state index is 0.761. The van der Waals surface area contributed by atoms with Crippen molar-refractivity contribution in [1.82, 2.24) is 19.1 Å². The summed E-state index contributed by atoms with van der Waals surface area (Å²) >= 11 is 0. The van der Waals surface area contributed by atoms with Crippen LogP contribution in [0.2, 0.25) is 0 Å². The Morgan fingerprint density at radius 1 is 0.793 bits per heavy atom. The standard InChI is InChI=1S/C23H17N5O/c29-17-28(21-10-4-3-9-20(21)26-14-13-24-15-26)23-12-6-5-11-22(23)27-16-25-18-7-1-2-8-19(18)27/h1-17H. The lowest BCUT2D eigenvalue weighted by Gasteiger charge is -2.24. The van der Waals surface area contributed by atoms with Gasteiger partial charge in [-0.2, -0.15) is 0 Å². The highest BCUT2D eigenvalue weighted by molar-refractivity contribution is 5.93. The Labute approximate surface area is 167 Å². The van der Waals surface area contributed by atoms with Crippen molar-refractivity contribution in [3.63, 3.8) is 0 Å². The zero-order chi connectivity index (χ0) is 19.6. The molecule has 0 aliphatic heterocycles. The minimum Gasteiger partial charge on any atom is -0.304 e. The van der Waals surface area contributed by atoms with Crippen molar-refractivity contribution >= 4 is 28.8 Å². The lowest BCUT2D eigenvalue weighted by Crippen LogP contribution is -2.18. The second kappa shape index (κ2) is 7.09. The first kappa shape index (κ1) is 16.9. The van der Waals surface area contributed by atoms with Gasteiger partial charge in [0, 0.05) is 12.4 Å². The van der Waals surface area contributed by atoms with Gasteiger partial charge in [0.25, 0.3) is 0 Å². The molecule has 0 aliphatic rings. The van der Waals surface area contributed by atoms with Crippen molar-refractivity contribution in [2.75, 3.05) is 4.90 Å². The van der Waals surface area contributed by atoms with Crippen molar-refractivity contribution in [2.24, 2.45) is 0 Å². The second-order valence-electron chi connectivity index (χ2n) is 6.53. The highest BCUT2D eigenvalue weighted by atomic mass is 16.1. The predicted octanol–water partition coefficient (Wildman–Crippen LogP) is 4.51. The summed E-state index contributed by atoms with van der Waals surface area (Å²) < 4.78 is 3.89. The monoisotopic (exact) mass is 379 g/mol.